The second-order valence-corrected chi connectivity index (χ2v) is 1.86. The first kappa shape index (κ1) is 6.31. The van der Waals surface area contributed by atoms with Gasteiger partial charge in [-0.2, -0.15) is 0 Å². The minimum Gasteiger partial charge on any atom is -0.286 e. The van der Waals surface area contributed by atoms with Crippen molar-refractivity contribution < 1.29 is 0 Å². The normalized spacial score (nSPS) is 17.3. The van der Waals surface area contributed by atoms with Crippen LogP contribution in [0, 0.1) is 0 Å². The number of hydrogen-bond acceptors (Lipinski definition) is 2. The van der Waals surface area contributed by atoms with Crippen molar-refractivity contribution >= 4 is 30.4 Å². The molecule has 1 aliphatic rings. The zero-order valence-corrected chi connectivity index (χ0v) is 4.89. The molecule has 0 radical (unpaired) electrons. The summed E-state index contributed by atoms with van der Waals surface area (Å²) >= 11 is 1.85. The van der Waals surface area contributed by atoms with E-state index in [0.29, 0.717) is 0 Å². The summed E-state index contributed by atoms with van der Waals surface area (Å²) in [6.07, 6.45) is 1.95. The van der Waals surface area contributed by atoms with E-state index in [2.05, 4.69) is 4.99 Å². The monoisotopic (exact) mass is 123 g/mol. The number of nitrogens with zero attached hydrogens (tertiary/aromatic N) is 1. The van der Waals surface area contributed by atoms with Crippen LogP contribution in [0.1, 0.15) is 0 Å². The minimum atomic E-state index is 0. The average Bonchev–Trinajstić information content (AvgIpc) is 1.76. The standard InChI is InChI=1S/C3H5NS.ClH/c1-2-5-3-4-1;/h1H,2-3H2;1H. The van der Waals surface area contributed by atoms with Crippen molar-refractivity contribution in [3.8, 4) is 0 Å². The van der Waals surface area contributed by atoms with Crippen molar-refractivity contribution in [3.63, 3.8) is 0 Å². The highest BCUT2D eigenvalue weighted by Crippen LogP contribution is 2.02. The first-order valence-electron chi connectivity index (χ1n) is 1.56. The number of hydrogen-bond donors (Lipinski definition) is 0. The largest absolute Gasteiger partial charge is 0.286 e. The van der Waals surface area contributed by atoms with Crippen molar-refractivity contribution in [1.82, 2.24) is 0 Å². The Morgan fingerprint density at radius 1 is 1.67 bits per heavy atom. The number of rotatable bonds is 0. The first-order chi connectivity index (χ1) is 2.50. The van der Waals surface area contributed by atoms with E-state index in [4.69, 9.17) is 0 Å². The molecule has 3 heteroatoms. The molecule has 0 aromatic heterocycles. The SMILES string of the molecule is C1=NCSC1.Cl. The van der Waals surface area contributed by atoms with Gasteiger partial charge in [0.15, 0.2) is 0 Å². The van der Waals surface area contributed by atoms with Gasteiger partial charge in [-0.15, -0.1) is 24.2 Å². The summed E-state index contributed by atoms with van der Waals surface area (Å²) in [6, 6.07) is 0. The Bertz CT molecular complexity index is 48.8. The third-order valence-corrected chi connectivity index (χ3v) is 1.20. The fourth-order valence-corrected chi connectivity index (χ4v) is 0.791. The van der Waals surface area contributed by atoms with Crippen LogP contribution in [0.3, 0.4) is 0 Å². The minimum absolute atomic E-state index is 0. The molecule has 0 aromatic carbocycles. The maximum atomic E-state index is 3.92. The van der Waals surface area contributed by atoms with Gasteiger partial charge in [0.2, 0.25) is 0 Å². The summed E-state index contributed by atoms with van der Waals surface area (Å²) in [4.78, 5) is 3.92. The molecule has 0 unspecified atom stereocenters. The molecule has 1 rings (SSSR count). The summed E-state index contributed by atoms with van der Waals surface area (Å²) in [5, 5.41) is 0. The quantitative estimate of drug-likeness (QED) is 0.471. The van der Waals surface area contributed by atoms with E-state index in [9.17, 15) is 0 Å². The second-order valence-electron chi connectivity index (χ2n) is 0.865. The van der Waals surface area contributed by atoms with Crippen LogP contribution in [0.5, 0.6) is 0 Å². The molecular weight excluding hydrogens is 118 g/mol. The van der Waals surface area contributed by atoms with Crippen LogP contribution in [-0.2, 0) is 0 Å². The van der Waals surface area contributed by atoms with Crippen LogP contribution in [0.2, 0.25) is 0 Å². The molecule has 0 amide bonds. The lowest BCUT2D eigenvalue weighted by molar-refractivity contribution is 1.43. The van der Waals surface area contributed by atoms with Crippen LogP contribution in [-0.4, -0.2) is 17.8 Å². The van der Waals surface area contributed by atoms with Gasteiger partial charge in [-0.3, -0.25) is 4.99 Å². The van der Waals surface area contributed by atoms with Crippen molar-refractivity contribution in [2.75, 3.05) is 11.6 Å². The van der Waals surface area contributed by atoms with E-state index < -0.39 is 0 Å². The molecule has 0 aliphatic carbocycles. The van der Waals surface area contributed by atoms with E-state index >= 15 is 0 Å². The average molecular weight is 124 g/mol. The molecule has 0 saturated carbocycles. The van der Waals surface area contributed by atoms with Gasteiger partial charge < -0.3 is 0 Å². The van der Waals surface area contributed by atoms with Crippen molar-refractivity contribution in [1.29, 1.82) is 0 Å². The number of thioether (sulfide) groups is 1. The topological polar surface area (TPSA) is 12.4 Å². The van der Waals surface area contributed by atoms with Crippen molar-refractivity contribution in [2.24, 2.45) is 4.99 Å². The van der Waals surface area contributed by atoms with Gasteiger partial charge in [-0.05, 0) is 0 Å². The lowest BCUT2D eigenvalue weighted by Gasteiger charge is -1.68. The fraction of sp³-hybridized carbons (Fsp3) is 0.667. The lowest BCUT2D eigenvalue weighted by atomic mass is 10.9. The third-order valence-electron chi connectivity index (χ3n) is 0.487. The summed E-state index contributed by atoms with van der Waals surface area (Å²) in [7, 11) is 0. The third kappa shape index (κ3) is 1.67. The maximum absolute atomic E-state index is 3.92. The molecule has 36 valence electrons. The molecule has 1 nitrogen and oxygen atoms in total. The highest BCUT2D eigenvalue weighted by atomic mass is 35.5. The predicted molar refractivity (Wildman–Crippen MR) is 33.1 cm³/mol. The zero-order valence-electron chi connectivity index (χ0n) is 3.26. The van der Waals surface area contributed by atoms with E-state index in [1.807, 2.05) is 18.0 Å². The van der Waals surface area contributed by atoms with Crippen LogP contribution in [0.15, 0.2) is 4.99 Å². The Balaban J connectivity index is 0.000000250. The van der Waals surface area contributed by atoms with Crippen molar-refractivity contribution in [2.45, 2.75) is 0 Å². The summed E-state index contributed by atoms with van der Waals surface area (Å²) < 4.78 is 0. The Morgan fingerprint density at radius 2 is 2.50 bits per heavy atom. The molecular formula is C3H6ClNS. The fourth-order valence-electron chi connectivity index (χ4n) is 0.264. The maximum Gasteiger partial charge on any atom is 0.0844 e. The number of halogens is 1. The zero-order chi connectivity index (χ0) is 3.54. The van der Waals surface area contributed by atoms with E-state index in [-0.39, 0.29) is 12.4 Å². The molecule has 0 aromatic rings. The molecule has 0 bridgehead atoms. The van der Waals surface area contributed by atoms with E-state index in [1.165, 1.54) is 0 Å². The smallest absolute Gasteiger partial charge is 0.0844 e. The molecule has 0 N–H and O–H groups in total. The molecule has 1 aliphatic heterocycles. The lowest BCUT2D eigenvalue weighted by Crippen LogP contribution is -1.61. The molecule has 0 atom stereocenters. The highest BCUT2D eigenvalue weighted by molar-refractivity contribution is 8.00. The van der Waals surface area contributed by atoms with Gasteiger partial charge in [-0.1, -0.05) is 0 Å². The predicted octanol–water partition coefficient (Wildman–Crippen LogP) is 1.18. The van der Waals surface area contributed by atoms with Crippen LogP contribution < -0.4 is 0 Å². The number of aliphatic imine (C=N–C) groups is 1. The van der Waals surface area contributed by atoms with Crippen LogP contribution in [0.4, 0.5) is 0 Å². The Kier molecular flexibility index (Phi) is 3.68. The van der Waals surface area contributed by atoms with E-state index in [0.717, 1.165) is 11.6 Å². The summed E-state index contributed by atoms with van der Waals surface area (Å²) in [6.45, 7) is 0. The molecule has 0 saturated heterocycles. The first-order valence-corrected chi connectivity index (χ1v) is 2.71. The van der Waals surface area contributed by atoms with Crippen LogP contribution >= 0.6 is 24.2 Å². The molecule has 1 heterocycles. The van der Waals surface area contributed by atoms with Gasteiger partial charge in [0.25, 0.3) is 0 Å². The second kappa shape index (κ2) is 3.50. The Labute approximate surface area is 47.6 Å². The summed E-state index contributed by atoms with van der Waals surface area (Å²) in [5.41, 5.74) is 0. The van der Waals surface area contributed by atoms with Gasteiger partial charge in [0.1, 0.15) is 0 Å². The molecule has 0 spiro atoms. The van der Waals surface area contributed by atoms with Crippen LogP contribution in [0.25, 0.3) is 0 Å². The summed E-state index contributed by atoms with van der Waals surface area (Å²) in [5.74, 6) is 2.11. The Morgan fingerprint density at radius 3 is 2.67 bits per heavy atom. The van der Waals surface area contributed by atoms with Gasteiger partial charge in [-0.25, -0.2) is 0 Å². The molecule has 0 fully saturated rings. The Hall–Kier alpha value is 0.310. The highest BCUT2D eigenvalue weighted by Gasteiger charge is 1.85. The van der Waals surface area contributed by atoms with Crippen molar-refractivity contribution in [3.05, 3.63) is 0 Å². The van der Waals surface area contributed by atoms with E-state index in [1.54, 1.807) is 0 Å². The van der Waals surface area contributed by atoms with Gasteiger partial charge in [0, 0.05) is 12.0 Å². The van der Waals surface area contributed by atoms with Gasteiger partial charge in [0.05, 0.1) is 5.88 Å². The van der Waals surface area contributed by atoms with Gasteiger partial charge >= 0.3 is 0 Å². The molecule has 6 heavy (non-hydrogen) atoms.